The van der Waals surface area contributed by atoms with Gasteiger partial charge >= 0.3 is 0 Å². The number of nitrogens with one attached hydrogen (secondary N) is 2. The Morgan fingerprint density at radius 3 is 2.96 bits per heavy atom. The standard InChI is InChI=1S/C19H22N4O4S/c1-27-15-7-3-2-6-14(15)18(24)23-11-5-9-19(13-23)12-21-28(25,26)16-8-4-10-20-17(16)22-19/h2-4,6-8,10H,5,9,11-13H2,1H3,(H2-,20,21,22,25,26). The van der Waals surface area contributed by atoms with Gasteiger partial charge in [-0.15, -0.1) is 4.72 Å². The van der Waals surface area contributed by atoms with Gasteiger partial charge in [-0.25, -0.2) is 4.98 Å². The zero-order chi connectivity index (χ0) is 19.8. The maximum atomic E-state index is 13.1. The van der Waals surface area contributed by atoms with Crippen LogP contribution in [0.5, 0.6) is 5.75 Å². The monoisotopic (exact) mass is 402 g/mol. The third-order valence-electron chi connectivity index (χ3n) is 5.25. The van der Waals surface area contributed by atoms with Gasteiger partial charge in [0.05, 0.1) is 24.8 Å². The zero-order valence-electron chi connectivity index (χ0n) is 15.5. The van der Waals surface area contributed by atoms with E-state index in [-0.39, 0.29) is 17.3 Å². The van der Waals surface area contributed by atoms with Crippen LogP contribution < -0.4 is 14.8 Å². The summed E-state index contributed by atoms with van der Waals surface area (Å²) in [5, 5.41) is 3.32. The van der Waals surface area contributed by atoms with Gasteiger partial charge in [-0.1, -0.05) is 16.3 Å². The average molecular weight is 402 g/mol. The van der Waals surface area contributed by atoms with E-state index in [4.69, 9.17) is 4.74 Å². The van der Waals surface area contributed by atoms with Crippen LogP contribution in [0.3, 0.4) is 0 Å². The van der Waals surface area contributed by atoms with E-state index < -0.39 is 15.9 Å². The van der Waals surface area contributed by atoms with E-state index in [9.17, 15) is 13.6 Å². The average Bonchev–Trinajstić information content (AvgIpc) is 2.82. The molecule has 1 amide bonds. The molecule has 148 valence electrons. The Balaban J connectivity index is 1.63. The van der Waals surface area contributed by atoms with E-state index in [1.165, 1.54) is 13.2 Å². The second-order valence-electron chi connectivity index (χ2n) is 7.11. The minimum absolute atomic E-state index is 0.125. The van der Waals surface area contributed by atoms with Crippen molar-refractivity contribution >= 4 is 22.1 Å². The summed E-state index contributed by atoms with van der Waals surface area (Å²) in [6.45, 7) is 1.14. The number of para-hydroxylation sites is 1. The van der Waals surface area contributed by atoms with Gasteiger partial charge in [0.1, 0.15) is 5.75 Å². The molecule has 0 saturated carbocycles. The molecule has 2 aliphatic heterocycles. The maximum Gasteiger partial charge on any atom is 0.257 e. The van der Waals surface area contributed by atoms with Crippen LogP contribution in [-0.2, 0) is 14.6 Å². The van der Waals surface area contributed by atoms with Crippen LogP contribution in [0.2, 0.25) is 0 Å². The Hall–Kier alpha value is -2.49. The second-order valence-corrected chi connectivity index (χ2v) is 8.85. The normalized spacial score (nSPS) is 26.9. The lowest BCUT2D eigenvalue weighted by atomic mass is 9.88. The molecule has 2 unspecified atom stereocenters. The number of piperidine rings is 1. The molecule has 2 N–H and O–H groups in total. The molecule has 28 heavy (non-hydrogen) atoms. The van der Waals surface area contributed by atoms with Crippen LogP contribution in [0.25, 0.3) is 0 Å². The molecule has 2 aliphatic rings. The smallest absolute Gasteiger partial charge is 0.257 e. The molecule has 2 atom stereocenters. The van der Waals surface area contributed by atoms with Gasteiger partial charge in [0.2, 0.25) is 4.90 Å². The van der Waals surface area contributed by atoms with Crippen LogP contribution in [-0.4, -0.2) is 52.6 Å². The van der Waals surface area contributed by atoms with Gasteiger partial charge < -0.3 is 19.5 Å². The number of carbonyl (C=O) groups excluding carboxylic acids is 1. The fourth-order valence-electron chi connectivity index (χ4n) is 3.85. The van der Waals surface area contributed by atoms with E-state index in [1.807, 2.05) is 6.07 Å². The first kappa shape index (κ1) is 18.9. The number of nitrogens with zero attached hydrogens (tertiary/aromatic N) is 2. The van der Waals surface area contributed by atoms with Gasteiger partial charge in [-0.05, 0) is 31.0 Å². The lowest BCUT2D eigenvalue weighted by Gasteiger charge is -2.42. The molecular formula is C19H22N4O4S. The molecule has 0 bridgehead atoms. The van der Waals surface area contributed by atoms with Gasteiger partial charge in [0, 0.05) is 25.4 Å². The minimum Gasteiger partial charge on any atom is -0.593 e. The first-order chi connectivity index (χ1) is 13.4. The second kappa shape index (κ2) is 7.16. The first-order valence-corrected chi connectivity index (χ1v) is 10.6. The quantitative estimate of drug-likeness (QED) is 0.741. The Kier molecular flexibility index (Phi) is 4.82. The number of sulfonamides is 1. The van der Waals surface area contributed by atoms with Crippen LogP contribution in [0.15, 0.2) is 47.5 Å². The van der Waals surface area contributed by atoms with E-state index in [0.29, 0.717) is 30.2 Å². The number of methoxy groups -OCH3 is 1. The van der Waals surface area contributed by atoms with Crippen LogP contribution in [0.4, 0.5) is 5.82 Å². The number of fused-ring (bicyclic) bond motifs is 1. The molecule has 3 heterocycles. The SMILES string of the molecule is COc1ccccc1C(=O)N1CCCC2(CN[S+](=O)([O-])c3cccnc3N2)C1. The Bertz CT molecular complexity index is 953. The van der Waals surface area contributed by atoms with Crippen molar-refractivity contribution in [3.8, 4) is 5.75 Å². The van der Waals surface area contributed by atoms with E-state index >= 15 is 0 Å². The van der Waals surface area contributed by atoms with Crippen molar-refractivity contribution in [2.24, 2.45) is 0 Å². The van der Waals surface area contributed by atoms with Crippen LogP contribution in [0.1, 0.15) is 23.2 Å². The summed E-state index contributed by atoms with van der Waals surface area (Å²) in [5.74, 6) is 0.708. The van der Waals surface area contributed by atoms with Crippen LogP contribution in [0, 0.1) is 0 Å². The molecule has 1 spiro atoms. The highest BCUT2D eigenvalue weighted by Gasteiger charge is 2.44. The summed E-state index contributed by atoms with van der Waals surface area (Å²) in [6.07, 6.45) is 3.03. The summed E-state index contributed by atoms with van der Waals surface area (Å²) in [4.78, 5) is 19.2. The van der Waals surface area contributed by atoms with Crippen molar-refractivity contribution in [3.05, 3.63) is 48.2 Å². The molecule has 1 aromatic carbocycles. The molecule has 1 fully saturated rings. The van der Waals surface area contributed by atoms with Gasteiger partial charge in [0.25, 0.3) is 5.91 Å². The molecule has 1 saturated heterocycles. The van der Waals surface area contributed by atoms with E-state index in [2.05, 4.69) is 15.0 Å². The lowest BCUT2D eigenvalue weighted by molar-refractivity contribution is 0.0659. The molecular weight excluding hydrogens is 380 g/mol. The third kappa shape index (κ3) is 3.36. The minimum atomic E-state index is -3.65. The van der Waals surface area contributed by atoms with Crippen LogP contribution >= 0.6 is 0 Å². The third-order valence-corrected chi connectivity index (χ3v) is 6.68. The fraction of sp³-hybridized carbons (Fsp3) is 0.368. The molecule has 9 heteroatoms. The summed E-state index contributed by atoms with van der Waals surface area (Å²) >= 11 is 0. The summed E-state index contributed by atoms with van der Waals surface area (Å²) < 4.78 is 33.1. The Morgan fingerprint density at radius 1 is 1.32 bits per heavy atom. The van der Waals surface area contributed by atoms with Crippen molar-refractivity contribution in [2.45, 2.75) is 23.3 Å². The van der Waals surface area contributed by atoms with Gasteiger partial charge in [-0.3, -0.25) is 4.79 Å². The first-order valence-electron chi connectivity index (χ1n) is 9.09. The fourth-order valence-corrected chi connectivity index (χ4v) is 5.09. The number of hydrogen-bond donors (Lipinski definition) is 2. The number of amides is 1. The number of likely N-dealkylation sites (tertiary alicyclic amines) is 1. The predicted molar refractivity (Wildman–Crippen MR) is 104 cm³/mol. The van der Waals surface area contributed by atoms with Crippen molar-refractivity contribution in [3.63, 3.8) is 0 Å². The molecule has 4 rings (SSSR count). The number of hydrogen-bond acceptors (Lipinski definition) is 6. The molecule has 8 nitrogen and oxygen atoms in total. The zero-order valence-corrected chi connectivity index (χ0v) is 16.3. The van der Waals surface area contributed by atoms with Crippen molar-refractivity contribution in [1.82, 2.24) is 14.6 Å². The number of pyridine rings is 1. The van der Waals surface area contributed by atoms with Gasteiger partial charge in [0.15, 0.2) is 16.2 Å². The number of benzene rings is 1. The maximum absolute atomic E-state index is 13.1. The lowest BCUT2D eigenvalue weighted by Crippen LogP contribution is -2.59. The highest BCUT2D eigenvalue weighted by molar-refractivity contribution is 7.96. The molecule has 0 aliphatic carbocycles. The van der Waals surface area contributed by atoms with E-state index in [1.54, 1.807) is 35.4 Å². The number of ether oxygens (including phenoxy) is 1. The number of rotatable bonds is 2. The summed E-state index contributed by atoms with van der Waals surface area (Å²) in [5.41, 5.74) is -0.127. The van der Waals surface area contributed by atoms with Crippen molar-refractivity contribution < 1.29 is 18.3 Å². The Morgan fingerprint density at radius 2 is 2.14 bits per heavy atom. The summed E-state index contributed by atoms with van der Waals surface area (Å²) in [7, 11) is -2.12. The van der Waals surface area contributed by atoms with Crippen molar-refractivity contribution in [1.29, 1.82) is 0 Å². The number of anilines is 1. The highest BCUT2D eigenvalue weighted by atomic mass is 32.3. The molecule has 2 aromatic rings. The highest BCUT2D eigenvalue weighted by Crippen LogP contribution is 2.33. The van der Waals surface area contributed by atoms with Crippen molar-refractivity contribution in [2.75, 3.05) is 32.1 Å². The predicted octanol–water partition coefficient (Wildman–Crippen LogP) is 1.68. The Labute approximate surface area is 164 Å². The number of carbonyl (C=O) groups is 1. The topological polar surface area (TPSA) is 107 Å². The number of aromatic nitrogens is 1. The molecule has 1 aromatic heterocycles. The van der Waals surface area contributed by atoms with E-state index in [0.717, 1.165) is 12.8 Å². The molecule has 0 radical (unpaired) electrons. The largest absolute Gasteiger partial charge is 0.593 e. The summed E-state index contributed by atoms with van der Waals surface area (Å²) in [6, 6.07) is 10.2. The van der Waals surface area contributed by atoms with Gasteiger partial charge in [-0.2, -0.15) is 0 Å².